The Hall–Kier alpha value is -1.16. The van der Waals surface area contributed by atoms with E-state index >= 15 is 0 Å². The van der Waals surface area contributed by atoms with Crippen molar-refractivity contribution in [3.8, 4) is 0 Å². The largest absolute Gasteiger partial charge is 0.338 e. The molecule has 2 fully saturated rings. The van der Waals surface area contributed by atoms with Crippen LogP contribution in [-0.4, -0.2) is 47.1 Å². The number of aryl methyl sites for hydroxylation is 2. The maximum Gasteiger partial charge on any atom is 0.225 e. The molecule has 98 valence electrons. The third-order valence-corrected chi connectivity index (χ3v) is 4.09. The van der Waals surface area contributed by atoms with Crippen molar-refractivity contribution in [3.63, 3.8) is 0 Å². The molecule has 1 atom stereocenters. The van der Waals surface area contributed by atoms with Gasteiger partial charge in [0.05, 0.1) is 0 Å². The highest BCUT2D eigenvalue weighted by atomic mass is 15.3. The van der Waals surface area contributed by atoms with Gasteiger partial charge >= 0.3 is 0 Å². The van der Waals surface area contributed by atoms with Gasteiger partial charge in [-0.25, -0.2) is 9.97 Å². The SMILES string of the molecule is Cc1cc(C)nc(N2CCN3CCCCC3C2)n1. The van der Waals surface area contributed by atoms with Crippen molar-refractivity contribution >= 4 is 5.95 Å². The van der Waals surface area contributed by atoms with Crippen LogP contribution in [-0.2, 0) is 0 Å². The molecule has 0 aromatic carbocycles. The molecule has 2 aliphatic heterocycles. The lowest BCUT2D eigenvalue weighted by Crippen LogP contribution is -2.55. The monoisotopic (exact) mass is 246 g/mol. The van der Waals surface area contributed by atoms with Crippen LogP contribution in [0.15, 0.2) is 6.07 Å². The van der Waals surface area contributed by atoms with Crippen molar-refractivity contribution < 1.29 is 0 Å². The molecule has 0 spiro atoms. The van der Waals surface area contributed by atoms with Gasteiger partial charge in [-0.15, -0.1) is 0 Å². The van der Waals surface area contributed by atoms with Crippen LogP contribution >= 0.6 is 0 Å². The summed E-state index contributed by atoms with van der Waals surface area (Å²) in [6, 6.07) is 2.76. The van der Waals surface area contributed by atoms with E-state index in [0.29, 0.717) is 0 Å². The number of piperidine rings is 1. The maximum absolute atomic E-state index is 4.59. The van der Waals surface area contributed by atoms with E-state index < -0.39 is 0 Å². The summed E-state index contributed by atoms with van der Waals surface area (Å²) in [6.45, 7) is 8.72. The smallest absolute Gasteiger partial charge is 0.225 e. The van der Waals surface area contributed by atoms with E-state index in [-0.39, 0.29) is 0 Å². The molecule has 0 bridgehead atoms. The quantitative estimate of drug-likeness (QED) is 0.756. The third kappa shape index (κ3) is 2.34. The summed E-state index contributed by atoms with van der Waals surface area (Å²) >= 11 is 0. The fourth-order valence-electron chi connectivity index (χ4n) is 3.19. The molecule has 4 nitrogen and oxygen atoms in total. The Morgan fingerprint density at radius 3 is 2.61 bits per heavy atom. The number of nitrogens with zero attached hydrogens (tertiary/aromatic N) is 4. The summed E-state index contributed by atoms with van der Waals surface area (Å²) in [6.07, 6.45) is 4.08. The lowest BCUT2D eigenvalue weighted by Gasteiger charge is -2.44. The van der Waals surface area contributed by atoms with Crippen molar-refractivity contribution in [3.05, 3.63) is 17.5 Å². The molecule has 1 unspecified atom stereocenters. The third-order valence-electron chi connectivity index (χ3n) is 4.09. The van der Waals surface area contributed by atoms with Crippen LogP contribution in [0.5, 0.6) is 0 Å². The van der Waals surface area contributed by atoms with Gasteiger partial charge < -0.3 is 4.90 Å². The molecule has 1 aromatic heterocycles. The predicted octanol–water partition coefficient (Wildman–Crippen LogP) is 1.77. The molecule has 3 rings (SSSR count). The topological polar surface area (TPSA) is 32.3 Å². The minimum absolute atomic E-state index is 0.719. The van der Waals surface area contributed by atoms with Gasteiger partial charge in [0.2, 0.25) is 5.95 Å². The van der Waals surface area contributed by atoms with Crippen molar-refractivity contribution in [2.45, 2.75) is 39.2 Å². The molecule has 0 aliphatic carbocycles. The molecule has 2 aliphatic rings. The maximum atomic E-state index is 4.59. The zero-order chi connectivity index (χ0) is 12.5. The first-order chi connectivity index (χ1) is 8.72. The Bertz CT molecular complexity index is 412. The Kier molecular flexibility index (Phi) is 3.20. The molecule has 3 heterocycles. The number of hydrogen-bond donors (Lipinski definition) is 0. The number of hydrogen-bond acceptors (Lipinski definition) is 4. The fraction of sp³-hybridized carbons (Fsp3) is 0.714. The van der Waals surface area contributed by atoms with Crippen LogP contribution in [0.4, 0.5) is 5.95 Å². The molecule has 0 radical (unpaired) electrons. The second-order valence-corrected chi connectivity index (χ2v) is 5.58. The van der Waals surface area contributed by atoms with Gasteiger partial charge in [0, 0.05) is 37.1 Å². The molecule has 0 saturated carbocycles. The first-order valence-corrected chi connectivity index (χ1v) is 7.03. The highest BCUT2D eigenvalue weighted by molar-refractivity contribution is 5.33. The van der Waals surface area contributed by atoms with Gasteiger partial charge in [0.1, 0.15) is 0 Å². The number of aromatic nitrogens is 2. The van der Waals surface area contributed by atoms with Crippen LogP contribution in [0, 0.1) is 13.8 Å². The summed E-state index contributed by atoms with van der Waals surface area (Å²) in [7, 11) is 0. The average molecular weight is 246 g/mol. The van der Waals surface area contributed by atoms with Gasteiger partial charge in [-0.3, -0.25) is 4.90 Å². The van der Waals surface area contributed by atoms with E-state index in [9.17, 15) is 0 Å². The second-order valence-electron chi connectivity index (χ2n) is 5.58. The van der Waals surface area contributed by atoms with E-state index in [4.69, 9.17) is 0 Å². The zero-order valence-corrected chi connectivity index (χ0v) is 11.4. The average Bonchev–Trinajstić information content (AvgIpc) is 2.37. The van der Waals surface area contributed by atoms with Crippen molar-refractivity contribution in [1.29, 1.82) is 0 Å². The minimum atomic E-state index is 0.719. The molecule has 0 amide bonds. The van der Waals surface area contributed by atoms with Crippen LogP contribution in [0.1, 0.15) is 30.7 Å². The highest BCUT2D eigenvalue weighted by Crippen LogP contribution is 2.23. The molecule has 1 aromatic rings. The Morgan fingerprint density at radius 1 is 1.06 bits per heavy atom. The molecule has 18 heavy (non-hydrogen) atoms. The van der Waals surface area contributed by atoms with E-state index in [1.165, 1.54) is 32.4 Å². The van der Waals surface area contributed by atoms with Crippen LogP contribution in [0.2, 0.25) is 0 Å². The van der Waals surface area contributed by atoms with Crippen LogP contribution < -0.4 is 4.90 Å². The van der Waals surface area contributed by atoms with Crippen molar-refractivity contribution in [2.24, 2.45) is 0 Å². The van der Waals surface area contributed by atoms with Gasteiger partial charge in [0.25, 0.3) is 0 Å². The summed E-state index contributed by atoms with van der Waals surface area (Å²) in [4.78, 5) is 14.2. The van der Waals surface area contributed by atoms with Crippen LogP contribution in [0.25, 0.3) is 0 Å². The molecular weight excluding hydrogens is 224 g/mol. The molecule has 4 heteroatoms. The second kappa shape index (κ2) is 4.84. The normalized spacial score (nSPS) is 25.0. The first-order valence-electron chi connectivity index (χ1n) is 7.03. The molecule has 0 N–H and O–H groups in total. The van der Waals surface area contributed by atoms with Gasteiger partial charge in [-0.05, 0) is 39.3 Å². The van der Waals surface area contributed by atoms with Crippen molar-refractivity contribution in [2.75, 3.05) is 31.1 Å². The van der Waals surface area contributed by atoms with Gasteiger partial charge in [-0.2, -0.15) is 0 Å². The van der Waals surface area contributed by atoms with E-state index in [2.05, 4.69) is 33.6 Å². The van der Waals surface area contributed by atoms with Crippen LogP contribution in [0.3, 0.4) is 0 Å². The van der Waals surface area contributed by atoms with E-state index in [1.54, 1.807) is 0 Å². The Labute approximate surface area is 109 Å². The molecular formula is C14H22N4. The van der Waals surface area contributed by atoms with E-state index in [0.717, 1.165) is 36.5 Å². The highest BCUT2D eigenvalue weighted by Gasteiger charge is 2.29. The van der Waals surface area contributed by atoms with Crippen molar-refractivity contribution in [1.82, 2.24) is 14.9 Å². The predicted molar refractivity (Wildman–Crippen MR) is 72.9 cm³/mol. The number of fused-ring (bicyclic) bond motifs is 1. The Morgan fingerprint density at radius 2 is 1.83 bits per heavy atom. The fourth-order valence-corrected chi connectivity index (χ4v) is 3.19. The summed E-state index contributed by atoms with van der Waals surface area (Å²) in [5.74, 6) is 0.928. The van der Waals surface area contributed by atoms with Gasteiger partial charge in [-0.1, -0.05) is 6.42 Å². The summed E-state index contributed by atoms with van der Waals surface area (Å²) < 4.78 is 0. The number of piperazine rings is 1. The van der Waals surface area contributed by atoms with Gasteiger partial charge in [0.15, 0.2) is 0 Å². The minimum Gasteiger partial charge on any atom is -0.338 e. The standard InChI is InChI=1S/C14H22N4/c1-11-9-12(2)16-14(15-11)18-8-7-17-6-4-3-5-13(17)10-18/h9,13H,3-8,10H2,1-2H3. The summed E-state index contributed by atoms with van der Waals surface area (Å²) in [5, 5.41) is 0. The number of anilines is 1. The lowest BCUT2D eigenvalue weighted by atomic mass is 10.00. The Balaban J connectivity index is 1.76. The number of rotatable bonds is 1. The lowest BCUT2D eigenvalue weighted by molar-refractivity contribution is 0.132. The molecule has 2 saturated heterocycles. The van der Waals surface area contributed by atoms with E-state index in [1.807, 2.05) is 6.07 Å². The zero-order valence-electron chi connectivity index (χ0n) is 11.4. The summed E-state index contributed by atoms with van der Waals surface area (Å²) in [5.41, 5.74) is 2.15. The first kappa shape index (κ1) is 11.9.